The highest BCUT2D eigenvalue weighted by Gasteiger charge is 2.34. The van der Waals surface area contributed by atoms with Crippen LogP contribution >= 0.6 is 0 Å². The molecule has 1 unspecified atom stereocenters. The van der Waals surface area contributed by atoms with Crippen LogP contribution < -0.4 is 14.2 Å². The first-order valence-electron chi connectivity index (χ1n) is 10.8. The van der Waals surface area contributed by atoms with Gasteiger partial charge in [-0.15, -0.1) is 5.10 Å². The predicted molar refractivity (Wildman–Crippen MR) is 125 cm³/mol. The second-order valence-electron chi connectivity index (χ2n) is 8.05. The van der Waals surface area contributed by atoms with Crippen molar-refractivity contribution in [3.8, 4) is 40.3 Å². The Bertz CT molecular complexity index is 1580. The van der Waals surface area contributed by atoms with Crippen molar-refractivity contribution in [2.45, 2.75) is 5.92 Å². The Morgan fingerprint density at radius 3 is 2.54 bits per heavy atom. The Kier molecular flexibility index (Phi) is 4.77. The zero-order chi connectivity index (χ0) is 24.1. The normalized spacial score (nSPS) is 14.2. The van der Waals surface area contributed by atoms with Crippen molar-refractivity contribution in [3.05, 3.63) is 89.5 Å². The summed E-state index contributed by atoms with van der Waals surface area (Å²) in [6.07, 6.45) is 1.52. The molecule has 3 heterocycles. The van der Waals surface area contributed by atoms with Crippen LogP contribution in [0.4, 0.5) is 4.39 Å². The molecule has 0 aliphatic carbocycles. The summed E-state index contributed by atoms with van der Waals surface area (Å²) in [6, 6.07) is 16.7. The van der Waals surface area contributed by atoms with Gasteiger partial charge in [0.2, 0.25) is 5.88 Å². The number of halogens is 1. The Labute approximate surface area is 199 Å². The smallest absolute Gasteiger partial charge is 0.228 e. The van der Waals surface area contributed by atoms with Crippen LogP contribution in [-0.2, 0) is 0 Å². The summed E-state index contributed by atoms with van der Waals surface area (Å²) in [7, 11) is 3.17. The molecule has 174 valence electrons. The zero-order valence-corrected chi connectivity index (χ0v) is 18.8. The molecule has 35 heavy (non-hydrogen) atoms. The van der Waals surface area contributed by atoms with E-state index in [9.17, 15) is 9.50 Å². The number of hydrogen-bond donors (Lipinski definition) is 1. The maximum atomic E-state index is 13.4. The van der Waals surface area contributed by atoms with Gasteiger partial charge in [0.1, 0.15) is 23.6 Å². The summed E-state index contributed by atoms with van der Waals surface area (Å²) in [6.45, 7) is 0. The van der Waals surface area contributed by atoms with E-state index in [-0.39, 0.29) is 17.5 Å². The standard InChI is InChI=1S/C26H19FN4O4/c1-33-19-10-5-15(11-21(19)34-2)22-18-9-8-17(32)12-20(18)35-26-23(22)25-29-24(30-31(25)13-28-26)14-3-6-16(27)7-4-14/h3-13,22,32H,1-2H3. The first-order chi connectivity index (χ1) is 17.1. The van der Waals surface area contributed by atoms with E-state index in [0.29, 0.717) is 45.7 Å². The van der Waals surface area contributed by atoms with Crippen molar-refractivity contribution in [1.29, 1.82) is 0 Å². The largest absolute Gasteiger partial charge is 0.508 e. The second kappa shape index (κ2) is 7.98. The van der Waals surface area contributed by atoms with Gasteiger partial charge in [-0.25, -0.2) is 18.9 Å². The first-order valence-corrected chi connectivity index (χ1v) is 10.8. The number of ether oxygens (including phenoxy) is 3. The van der Waals surface area contributed by atoms with Crippen molar-refractivity contribution >= 4 is 5.65 Å². The van der Waals surface area contributed by atoms with E-state index in [1.165, 1.54) is 18.5 Å². The third-order valence-corrected chi connectivity index (χ3v) is 6.03. The SMILES string of the molecule is COc1ccc(C2c3ccc(O)cc3Oc3ncn4nc(-c5ccc(F)cc5)nc4c32)cc1OC. The number of rotatable bonds is 4. The molecule has 5 aromatic rings. The predicted octanol–water partition coefficient (Wildman–Crippen LogP) is 4.94. The highest BCUT2D eigenvalue weighted by molar-refractivity contribution is 5.69. The van der Waals surface area contributed by atoms with Crippen molar-refractivity contribution in [3.63, 3.8) is 0 Å². The highest BCUT2D eigenvalue weighted by atomic mass is 19.1. The molecule has 3 aromatic carbocycles. The molecule has 0 spiro atoms. The van der Waals surface area contributed by atoms with E-state index in [0.717, 1.165) is 11.1 Å². The molecule has 8 nitrogen and oxygen atoms in total. The summed E-state index contributed by atoms with van der Waals surface area (Å²) in [5.74, 6) is 1.86. The summed E-state index contributed by atoms with van der Waals surface area (Å²) < 4.78 is 32.1. The topological polar surface area (TPSA) is 91.0 Å². The lowest BCUT2D eigenvalue weighted by Gasteiger charge is -2.28. The fourth-order valence-electron chi connectivity index (χ4n) is 4.40. The number of aromatic nitrogens is 4. The summed E-state index contributed by atoms with van der Waals surface area (Å²) in [4.78, 5) is 9.26. The number of benzene rings is 3. The number of aromatic hydroxyl groups is 1. The summed E-state index contributed by atoms with van der Waals surface area (Å²) in [5.41, 5.74) is 3.64. The molecule has 0 fully saturated rings. The average molecular weight is 470 g/mol. The van der Waals surface area contributed by atoms with Gasteiger partial charge in [0, 0.05) is 23.1 Å². The van der Waals surface area contributed by atoms with Crippen LogP contribution in [0.5, 0.6) is 28.9 Å². The minimum absolute atomic E-state index is 0.0837. The quantitative estimate of drug-likeness (QED) is 0.390. The van der Waals surface area contributed by atoms with Crippen LogP contribution in [0.25, 0.3) is 17.0 Å². The van der Waals surface area contributed by atoms with Crippen molar-refractivity contribution < 1.29 is 23.7 Å². The number of phenolic OH excluding ortho intramolecular Hbond substituents is 1. The van der Waals surface area contributed by atoms with Gasteiger partial charge in [-0.2, -0.15) is 0 Å². The van der Waals surface area contributed by atoms with Gasteiger partial charge < -0.3 is 19.3 Å². The molecule has 6 rings (SSSR count). The summed E-state index contributed by atoms with van der Waals surface area (Å²) in [5, 5.41) is 14.6. The van der Waals surface area contributed by atoms with Crippen LogP contribution in [0, 0.1) is 5.82 Å². The molecule has 0 saturated heterocycles. The minimum atomic E-state index is -0.351. The maximum Gasteiger partial charge on any atom is 0.228 e. The fourth-order valence-corrected chi connectivity index (χ4v) is 4.40. The van der Waals surface area contributed by atoms with Gasteiger partial charge in [0.15, 0.2) is 23.0 Å². The Morgan fingerprint density at radius 1 is 0.971 bits per heavy atom. The van der Waals surface area contributed by atoms with E-state index in [4.69, 9.17) is 19.2 Å². The van der Waals surface area contributed by atoms with E-state index < -0.39 is 0 Å². The van der Waals surface area contributed by atoms with Gasteiger partial charge in [0.05, 0.1) is 19.8 Å². The molecule has 0 bridgehead atoms. The monoisotopic (exact) mass is 470 g/mol. The summed E-state index contributed by atoms with van der Waals surface area (Å²) >= 11 is 0. The van der Waals surface area contributed by atoms with Gasteiger partial charge >= 0.3 is 0 Å². The zero-order valence-electron chi connectivity index (χ0n) is 18.8. The third-order valence-electron chi connectivity index (χ3n) is 6.03. The Morgan fingerprint density at radius 2 is 1.77 bits per heavy atom. The highest BCUT2D eigenvalue weighted by Crippen LogP contribution is 2.49. The molecule has 0 saturated carbocycles. The van der Waals surface area contributed by atoms with Crippen LogP contribution in [-0.4, -0.2) is 38.9 Å². The fraction of sp³-hybridized carbons (Fsp3) is 0.115. The number of phenols is 1. The van der Waals surface area contributed by atoms with Gasteiger partial charge in [-0.05, 0) is 48.0 Å². The van der Waals surface area contributed by atoms with Crippen LogP contribution in [0.1, 0.15) is 22.6 Å². The van der Waals surface area contributed by atoms with Crippen molar-refractivity contribution in [1.82, 2.24) is 19.6 Å². The van der Waals surface area contributed by atoms with E-state index in [1.807, 2.05) is 24.3 Å². The van der Waals surface area contributed by atoms with Gasteiger partial charge in [0.25, 0.3) is 0 Å². The lowest BCUT2D eigenvalue weighted by molar-refractivity contribution is 0.354. The average Bonchev–Trinajstić information content (AvgIpc) is 3.32. The van der Waals surface area contributed by atoms with Crippen LogP contribution in [0.2, 0.25) is 0 Å². The number of hydrogen-bond acceptors (Lipinski definition) is 7. The number of methoxy groups -OCH3 is 2. The molecular weight excluding hydrogens is 451 g/mol. The Balaban J connectivity index is 1.60. The molecule has 0 radical (unpaired) electrons. The lowest BCUT2D eigenvalue weighted by Crippen LogP contribution is -2.15. The molecule has 9 heteroatoms. The molecule has 1 aliphatic rings. The van der Waals surface area contributed by atoms with Gasteiger partial charge in [-0.1, -0.05) is 12.1 Å². The second-order valence-corrected chi connectivity index (χ2v) is 8.05. The lowest BCUT2D eigenvalue weighted by atomic mass is 9.83. The first kappa shape index (κ1) is 20.9. The molecule has 2 aromatic heterocycles. The Hall–Kier alpha value is -4.66. The van der Waals surface area contributed by atoms with E-state index in [2.05, 4.69) is 10.1 Å². The van der Waals surface area contributed by atoms with Gasteiger partial charge in [-0.3, -0.25) is 0 Å². The van der Waals surface area contributed by atoms with Crippen molar-refractivity contribution in [2.75, 3.05) is 14.2 Å². The minimum Gasteiger partial charge on any atom is -0.508 e. The van der Waals surface area contributed by atoms with Crippen LogP contribution in [0.3, 0.4) is 0 Å². The van der Waals surface area contributed by atoms with Crippen LogP contribution in [0.15, 0.2) is 67.0 Å². The number of nitrogens with zero attached hydrogens (tertiary/aromatic N) is 4. The van der Waals surface area contributed by atoms with E-state index in [1.54, 1.807) is 43.0 Å². The molecule has 1 N–H and O–H groups in total. The molecular formula is C26H19FN4O4. The third kappa shape index (κ3) is 3.40. The molecule has 0 amide bonds. The molecule has 1 atom stereocenters. The van der Waals surface area contributed by atoms with E-state index >= 15 is 0 Å². The van der Waals surface area contributed by atoms with Crippen molar-refractivity contribution in [2.24, 2.45) is 0 Å². The number of fused-ring (bicyclic) bond motifs is 4. The maximum absolute atomic E-state index is 13.4. The molecule has 1 aliphatic heterocycles.